The first-order valence-electron chi connectivity index (χ1n) is 11.1. The number of pyridine rings is 1. The van der Waals surface area contributed by atoms with Crippen molar-refractivity contribution in [3.05, 3.63) is 64.5 Å². The maximum Gasteiger partial charge on any atom is 0.416 e. The molecule has 1 N–H and O–H groups in total. The molecule has 0 bridgehead atoms. The topological polar surface area (TPSA) is 123 Å². The molecule has 0 spiro atoms. The number of amides is 4. The molecule has 0 fully saturated rings. The number of hydrogen-bond donors (Lipinski definition) is 1. The predicted octanol–water partition coefficient (Wildman–Crippen LogP) is 4.04. The number of alkyl halides is 3. The molecule has 1 aromatic carbocycles. The van der Waals surface area contributed by atoms with Crippen molar-refractivity contribution in [2.45, 2.75) is 36.9 Å². The number of carbonyl (C=O) groups excluding carboxylic acids is 3. The first-order chi connectivity index (χ1) is 17.5. The van der Waals surface area contributed by atoms with Gasteiger partial charge in [-0.2, -0.15) is 18.4 Å². The van der Waals surface area contributed by atoms with Gasteiger partial charge >= 0.3 is 18.2 Å². The Morgan fingerprint density at radius 2 is 1.97 bits per heavy atom. The average Bonchev–Trinajstić information content (AvgIpc) is 3.23. The molecule has 2 atom stereocenters. The van der Waals surface area contributed by atoms with Crippen LogP contribution in [0, 0.1) is 11.3 Å². The summed E-state index contributed by atoms with van der Waals surface area (Å²) in [5, 5.41) is 11.8. The minimum atomic E-state index is -4.72. The van der Waals surface area contributed by atoms with Crippen LogP contribution >= 0.6 is 0 Å². The summed E-state index contributed by atoms with van der Waals surface area (Å²) in [6.07, 6.45) is -2.49. The molecule has 2 heterocycles. The summed E-state index contributed by atoms with van der Waals surface area (Å²) >= 11 is 0. The van der Waals surface area contributed by atoms with E-state index in [4.69, 9.17) is 0 Å². The van der Waals surface area contributed by atoms with Crippen molar-refractivity contribution in [1.82, 2.24) is 15.2 Å². The van der Waals surface area contributed by atoms with E-state index in [0.717, 1.165) is 22.1 Å². The van der Waals surface area contributed by atoms with Crippen molar-refractivity contribution in [2.75, 3.05) is 17.7 Å². The molecule has 1 aliphatic heterocycles. The molecule has 13 heteroatoms. The maximum atomic E-state index is 13.8. The van der Waals surface area contributed by atoms with Crippen molar-refractivity contribution >= 4 is 34.5 Å². The number of ketones is 1. The molecule has 2 unspecified atom stereocenters. The lowest BCUT2D eigenvalue weighted by Gasteiger charge is -2.40. The van der Waals surface area contributed by atoms with Crippen LogP contribution in [0.5, 0.6) is 0 Å². The van der Waals surface area contributed by atoms with Gasteiger partial charge in [0.1, 0.15) is 5.82 Å². The Kier molecular flexibility index (Phi) is 6.88. The molecule has 9 nitrogen and oxygen atoms in total. The number of anilines is 1. The Labute approximate surface area is 212 Å². The zero-order valence-corrected chi connectivity index (χ0v) is 20.4. The monoisotopic (exact) mass is 531 g/mol. The first kappa shape index (κ1) is 26.0. The highest BCUT2D eigenvalue weighted by molar-refractivity contribution is 7.84. The van der Waals surface area contributed by atoms with Gasteiger partial charge in [0.25, 0.3) is 0 Å². The number of rotatable bonds is 4. The Hall–Kier alpha value is -4.05. The van der Waals surface area contributed by atoms with Crippen LogP contribution in [0.2, 0.25) is 0 Å². The molecular formula is C24H20F3N5O4S. The lowest BCUT2D eigenvalue weighted by atomic mass is 9.92. The van der Waals surface area contributed by atoms with Crippen LogP contribution in [0.3, 0.4) is 0 Å². The first-order valence-corrected chi connectivity index (χ1v) is 12.6. The summed E-state index contributed by atoms with van der Waals surface area (Å²) < 4.78 is 52.8. The molecule has 0 radical (unpaired) electrons. The van der Waals surface area contributed by atoms with Gasteiger partial charge in [-0.1, -0.05) is 6.07 Å². The average molecular weight is 532 g/mol. The van der Waals surface area contributed by atoms with Crippen molar-refractivity contribution < 1.29 is 31.8 Å². The smallest absolute Gasteiger partial charge is 0.338 e. The summed E-state index contributed by atoms with van der Waals surface area (Å²) in [4.78, 5) is 45.8. The van der Waals surface area contributed by atoms with E-state index in [2.05, 4.69) is 10.3 Å². The summed E-state index contributed by atoms with van der Waals surface area (Å²) in [5.74, 6) is -0.815. The molecule has 192 valence electrons. The van der Waals surface area contributed by atoms with E-state index in [9.17, 15) is 37.0 Å². The Morgan fingerprint density at radius 3 is 2.59 bits per heavy atom. The van der Waals surface area contributed by atoms with Crippen LogP contribution < -0.4 is 10.2 Å². The molecule has 4 rings (SSSR count). The van der Waals surface area contributed by atoms with Gasteiger partial charge in [-0.25, -0.2) is 24.4 Å². The number of Topliss-reactive ketones (excluding diaryl/α,β-unsaturated/α-hetero) is 1. The lowest BCUT2D eigenvalue weighted by Crippen LogP contribution is -2.55. The van der Waals surface area contributed by atoms with Gasteiger partial charge < -0.3 is 5.32 Å². The molecule has 2 aliphatic rings. The standard InChI is InChI=1S/C24H20F3N5O4S/c1-3-29-22(34)32-21(15-5-4-13(12-28)10-18(15)37(2)36)20-16(6-7-17(20)33)31(23(32)35)19-11-14(8-9-30-19)24(25,26)27/h4-5,8-11,21H,3,6-7H2,1-2H3,(H,29,34). The fourth-order valence-corrected chi connectivity index (χ4v) is 5.24. The third-order valence-electron chi connectivity index (χ3n) is 5.99. The predicted molar refractivity (Wildman–Crippen MR) is 126 cm³/mol. The number of carbonyl (C=O) groups is 3. The van der Waals surface area contributed by atoms with E-state index in [1.165, 1.54) is 24.5 Å². The third kappa shape index (κ3) is 4.60. The summed E-state index contributed by atoms with van der Waals surface area (Å²) in [6, 6.07) is 4.31. The minimum absolute atomic E-state index is 0.0153. The maximum absolute atomic E-state index is 13.8. The zero-order valence-electron chi connectivity index (χ0n) is 19.6. The van der Waals surface area contributed by atoms with E-state index >= 15 is 0 Å². The molecule has 0 saturated heterocycles. The summed E-state index contributed by atoms with van der Waals surface area (Å²) in [7, 11) is -1.68. The highest BCUT2D eigenvalue weighted by Gasteiger charge is 2.49. The SMILES string of the molecule is CCNC(=O)N1C(=O)N(c2cc(C(F)(F)F)ccn2)C2=C(C(=O)CC2)C1c1ccc(C#N)cc1S(C)=O. The Balaban J connectivity index is 2.00. The van der Waals surface area contributed by atoms with Crippen molar-refractivity contribution in [3.8, 4) is 6.07 Å². The fourth-order valence-electron chi connectivity index (χ4n) is 4.43. The molecule has 0 saturated carbocycles. The zero-order chi connectivity index (χ0) is 27.1. The lowest BCUT2D eigenvalue weighted by molar-refractivity contribution is -0.137. The number of imide groups is 1. The van der Waals surface area contributed by atoms with Crippen molar-refractivity contribution in [2.24, 2.45) is 0 Å². The quantitative estimate of drug-likeness (QED) is 0.635. The Bertz CT molecular complexity index is 1420. The summed E-state index contributed by atoms with van der Waals surface area (Å²) in [6.45, 7) is 1.71. The number of nitrogens with one attached hydrogen (secondary N) is 1. The fraction of sp³-hybridized carbons (Fsp3) is 0.292. The van der Waals surface area contributed by atoms with E-state index < -0.39 is 52.2 Å². The molecule has 37 heavy (non-hydrogen) atoms. The largest absolute Gasteiger partial charge is 0.416 e. The minimum Gasteiger partial charge on any atom is -0.338 e. The number of allylic oxidation sites excluding steroid dienone is 1. The number of nitriles is 1. The summed E-state index contributed by atoms with van der Waals surface area (Å²) in [5.41, 5.74) is -0.550. The van der Waals surface area contributed by atoms with E-state index in [0.29, 0.717) is 6.07 Å². The van der Waals surface area contributed by atoms with Gasteiger partial charge in [0.15, 0.2) is 5.78 Å². The number of halogens is 3. The van der Waals surface area contributed by atoms with Gasteiger partial charge in [-0.05, 0) is 43.2 Å². The van der Waals surface area contributed by atoms with Gasteiger partial charge in [0.05, 0.1) is 34.0 Å². The van der Waals surface area contributed by atoms with Crippen molar-refractivity contribution in [1.29, 1.82) is 5.26 Å². The van der Waals surface area contributed by atoms with Crippen LogP contribution in [-0.4, -0.2) is 44.7 Å². The number of benzene rings is 1. The third-order valence-corrected chi connectivity index (χ3v) is 6.97. The second-order valence-electron chi connectivity index (χ2n) is 8.23. The van der Waals surface area contributed by atoms with E-state index in [1.807, 2.05) is 6.07 Å². The van der Waals surface area contributed by atoms with Crippen LogP contribution in [0.4, 0.5) is 28.6 Å². The highest BCUT2D eigenvalue weighted by atomic mass is 32.2. The molecule has 1 aromatic heterocycles. The Morgan fingerprint density at radius 1 is 1.24 bits per heavy atom. The molecule has 1 aliphatic carbocycles. The van der Waals surface area contributed by atoms with Gasteiger partial charge in [-0.15, -0.1) is 0 Å². The van der Waals surface area contributed by atoms with Gasteiger partial charge in [-0.3, -0.25) is 9.00 Å². The van der Waals surface area contributed by atoms with Crippen LogP contribution in [0.15, 0.2) is 52.7 Å². The number of urea groups is 2. The van der Waals surface area contributed by atoms with E-state index in [1.54, 1.807) is 6.92 Å². The molecule has 4 amide bonds. The molecular weight excluding hydrogens is 511 g/mol. The second-order valence-corrected chi connectivity index (χ2v) is 9.58. The second kappa shape index (κ2) is 9.78. The number of nitrogens with zero attached hydrogens (tertiary/aromatic N) is 4. The van der Waals surface area contributed by atoms with Gasteiger partial charge in [0.2, 0.25) is 0 Å². The van der Waals surface area contributed by atoms with Crippen LogP contribution in [0.1, 0.15) is 42.5 Å². The highest BCUT2D eigenvalue weighted by Crippen LogP contribution is 2.46. The van der Waals surface area contributed by atoms with Crippen LogP contribution in [-0.2, 0) is 21.8 Å². The van der Waals surface area contributed by atoms with Gasteiger partial charge in [0, 0.05) is 41.6 Å². The van der Waals surface area contributed by atoms with E-state index in [-0.39, 0.29) is 46.7 Å². The van der Waals surface area contributed by atoms with Crippen LogP contribution in [0.25, 0.3) is 0 Å². The molecule has 2 aromatic rings. The van der Waals surface area contributed by atoms with Crippen molar-refractivity contribution in [3.63, 3.8) is 0 Å². The normalized spacial score (nSPS) is 18.5. The number of aromatic nitrogens is 1. The number of hydrogen-bond acceptors (Lipinski definition) is 6.